The summed E-state index contributed by atoms with van der Waals surface area (Å²) in [7, 11) is -4.02. The molecule has 2 N–H and O–H groups in total. The van der Waals surface area contributed by atoms with Gasteiger partial charge in [0.25, 0.3) is 10.0 Å². The van der Waals surface area contributed by atoms with Gasteiger partial charge in [-0.25, -0.2) is 17.6 Å². The highest BCUT2D eigenvalue weighted by atomic mass is 79.9. The van der Waals surface area contributed by atoms with Gasteiger partial charge in [0.15, 0.2) is 0 Å². The van der Waals surface area contributed by atoms with Gasteiger partial charge in [-0.1, -0.05) is 22.0 Å². The summed E-state index contributed by atoms with van der Waals surface area (Å²) in [6.45, 7) is 1.85. The zero-order valence-corrected chi connectivity index (χ0v) is 13.7. The van der Waals surface area contributed by atoms with E-state index in [2.05, 4.69) is 20.7 Å². The third kappa shape index (κ3) is 3.45. The van der Waals surface area contributed by atoms with Crippen LogP contribution in [0.4, 0.5) is 10.1 Å². The first-order valence-corrected chi connectivity index (χ1v) is 8.30. The number of carboxylic acid groups (broad SMARTS) is 1. The molecule has 0 radical (unpaired) electrons. The van der Waals surface area contributed by atoms with Crippen LogP contribution in [0.2, 0.25) is 0 Å². The zero-order chi connectivity index (χ0) is 16.5. The molecule has 116 valence electrons. The number of aryl methyl sites for hydroxylation is 1. The maximum atomic E-state index is 13.3. The molecule has 5 nitrogen and oxygen atoms in total. The lowest BCUT2D eigenvalue weighted by atomic mass is 10.2. The number of halogens is 2. The van der Waals surface area contributed by atoms with Gasteiger partial charge in [-0.15, -0.1) is 0 Å². The van der Waals surface area contributed by atoms with E-state index in [1.54, 1.807) is 18.2 Å². The minimum absolute atomic E-state index is 0.304. The van der Waals surface area contributed by atoms with Gasteiger partial charge in [0.1, 0.15) is 5.82 Å². The van der Waals surface area contributed by atoms with Crippen LogP contribution in [-0.2, 0) is 10.0 Å². The number of nitrogens with one attached hydrogen (secondary N) is 1. The largest absolute Gasteiger partial charge is 0.478 e. The molecule has 0 aromatic heterocycles. The number of carbonyl (C=O) groups is 1. The van der Waals surface area contributed by atoms with Crippen molar-refractivity contribution in [1.82, 2.24) is 0 Å². The zero-order valence-electron chi connectivity index (χ0n) is 11.3. The minimum Gasteiger partial charge on any atom is -0.478 e. The average molecular weight is 388 g/mol. The number of benzene rings is 2. The highest BCUT2D eigenvalue weighted by Gasteiger charge is 2.19. The first-order valence-electron chi connectivity index (χ1n) is 6.02. The Balaban J connectivity index is 2.40. The lowest BCUT2D eigenvalue weighted by Gasteiger charge is -2.10. The van der Waals surface area contributed by atoms with Crippen molar-refractivity contribution in [1.29, 1.82) is 0 Å². The molecule has 0 saturated carbocycles. The smallest absolute Gasteiger partial charge is 0.338 e. The molecule has 0 saturated heterocycles. The van der Waals surface area contributed by atoms with Crippen molar-refractivity contribution in [2.75, 3.05) is 4.72 Å². The van der Waals surface area contributed by atoms with E-state index in [1.165, 1.54) is 0 Å². The normalized spacial score (nSPS) is 11.2. The molecule has 0 heterocycles. The fourth-order valence-electron chi connectivity index (χ4n) is 1.71. The molecule has 0 unspecified atom stereocenters. The van der Waals surface area contributed by atoms with E-state index < -0.39 is 27.4 Å². The van der Waals surface area contributed by atoms with Crippen molar-refractivity contribution in [3.05, 3.63) is 57.8 Å². The average Bonchev–Trinajstić information content (AvgIpc) is 2.42. The number of anilines is 1. The lowest BCUT2D eigenvalue weighted by molar-refractivity contribution is 0.0691. The maximum Gasteiger partial charge on any atom is 0.338 e. The van der Waals surface area contributed by atoms with E-state index in [-0.39, 0.29) is 4.90 Å². The molecule has 22 heavy (non-hydrogen) atoms. The van der Waals surface area contributed by atoms with Gasteiger partial charge in [-0.2, -0.15) is 0 Å². The van der Waals surface area contributed by atoms with Gasteiger partial charge in [0.05, 0.1) is 10.5 Å². The fraction of sp³-hybridized carbons (Fsp3) is 0.0714. The van der Waals surface area contributed by atoms with Gasteiger partial charge >= 0.3 is 5.97 Å². The Morgan fingerprint density at radius 2 is 1.91 bits per heavy atom. The number of aromatic carboxylic acids is 1. The summed E-state index contributed by atoms with van der Waals surface area (Å²) in [5, 5.41) is 8.85. The summed E-state index contributed by atoms with van der Waals surface area (Å²) in [6, 6.07) is 7.46. The van der Waals surface area contributed by atoms with Crippen LogP contribution in [0.5, 0.6) is 0 Å². The molecule has 0 aliphatic heterocycles. The molecule has 0 aliphatic rings. The summed E-state index contributed by atoms with van der Waals surface area (Å²) in [5.41, 5.74) is 0.532. The Labute approximate surface area is 135 Å². The Morgan fingerprint density at radius 3 is 2.50 bits per heavy atom. The fourth-order valence-corrected chi connectivity index (χ4v) is 3.16. The first-order chi connectivity index (χ1) is 10.2. The monoisotopic (exact) mass is 387 g/mol. The van der Waals surface area contributed by atoms with E-state index in [9.17, 15) is 17.6 Å². The van der Waals surface area contributed by atoms with E-state index in [4.69, 9.17) is 5.11 Å². The maximum absolute atomic E-state index is 13.3. The Kier molecular flexibility index (Phi) is 4.52. The molecule has 0 aliphatic carbocycles. The second kappa shape index (κ2) is 6.05. The van der Waals surface area contributed by atoms with Crippen LogP contribution in [0.1, 0.15) is 15.9 Å². The van der Waals surface area contributed by atoms with Gasteiger partial charge in [0.2, 0.25) is 0 Å². The molecule has 2 aromatic rings. The van der Waals surface area contributed by atoms with Crippen molar-refractivity contribution in [2.24, 2.45) is 0 Å². The van der Waals surface area contributed by atoms with Crippen LogP contribution in [0.3, 0.4) is 0 Å². The van der Waals surface area contributed by atoms with Gasteiger partial charge in [-0.05, 0) is 42.8 Å². The predicted molar refractivity (Wildman–Crippen MR) is 83.0 cm³/mol. The third-order valence-electron chi connectivity index (χ3n) is 2.90. The molecule has 0 spiro atoms. The molecule has 2 aromatic carbocycles. The molecule has 2 rings (SSSR count). The van der Waals surface area contributed by atoms with E-state index in [1.807, 2.05) is 6.92 Å². The molecule has 0 bridgehead atoms. The highest BCUT2D eigenvalue weighted by Crippen LogP contribution is 2.23. The number of hydrogen-bond acceptors (Lipinski definition) is 3. The van der Waals surface area contributed by atoms with E-state index >= 15 is 0 Å². The van der Waals surface area contributed by atoms with Crippen LogP contribution >= 0.6 is 15.9 Å². The van der Waals surface area contributed by atoms with E-state index in [0.29, 0.717) is 5.69 Å². The van der Waals surface area contributed by atoms with Crippen LogP contribution in [-0.4, -0.2) is 19.5 Å². The summed E-state index contributed by atoms with van der Waals surface area (Å²) in [5.74, 6) is -2.53. The standard InChI is InChI=1S/C14H11BrFNO4S/c1-8-2-3-9(6-12(8)15)17-22(20,21)10-4-5-13(16)11(7-10)14(18)19/h2-7,17H,1H3,(H,18,19). The van der Waals surface area contributed by atoms with Crippen LogP contribution in [0.15, 0.2) is 45.8 Å². The van der Waals surface area contributed by atoms with E-state index in [0.717, 1.165) is 28.2 Å². The summed E-state index contributed by atoms with van der Waals surface area (Å²) in [4.78, 5) is 10.5. The number of hydrogen-bond donors (Lipinski definition) is 2. The quantitative estimate of drug-likeness (QED) is 0.841. The minimum atomic E-state index is -4.02. The Morgan fingerprint density at radius 1 is 1.23 bits per heavy atom. The van der Waals surface area contributed by atoms with Crippen LogP contribution in [0, 0.1) is 12.7 Å². The second-order valence-electron chi connectivity index (χ2n) is 4.52. The van der Waals surface area contributed by atoms with Gasteiger partial charge < -0.3 is 5.11 Å². The van der Waals surface area contributed by atoms with Gasteiger partial charge in [0, 0.05) is 10.2 Å². The summed E-state index contributed by atoms with van der Waals surface area (Å²) in [6.07, 6.45) is 0. The SMILES string of the molecule is Cc1ccc(NS(=O)(=O)c2ccc(F)c(C(=O)O)c2)cc1Br. The number of carboxylic acids is 1. The second-order valence-corrected chi connectivity index (χ2v) is 7.05. The predicted octanol–water partition coefficient (Wildman–Crippen LogP) is 3.40. The molecular weight excluding hydrogens is 377 g/mol. The topological polar surface area (TPSA) is 83.5 Å². The van der Waals surface area contributed by atoms with Crippen LogP contribution < -0.4 is 4.72 Å². The van der Waals surface area contributed by atoms with Crippen molar-refractivity contribution in [3.8, 4) is 0 Å². The molecule has 8 heteroatoms. The lowest BCUT2D eigenvalue weighted by Crippen LogP contribution is -2.14. The third-order valence-corrected chi connectivity index (χ3v) is 5.14. The van der Waals surface area contributed by atoms with Crippen molar-refractivity contribution in [3.63, 3.8) is 0 Å². The van der Waals surface area contributed by atoms with Gasteiger partial charge in [-0.3, -0.25) is 4.72 Å². The number of sulfonamides is 1. The molecule has 0 amide bonds. The Hall–Kier alpha value is -1.93. The Bertz CT molecular complexity index is 852. The van der Waals surface area contributed by atoms with Crippen molar-refractivity contribution >= 4 is 37.6 Å². The molecule has 0 atom stereocenters. The molecular formula is C14H11BrFNO4S. The summed E-state index contributed by atoms with van der Waals surface area (Å²) < 4.78 is 40.9. The first kappa shape index (κ1) is 16.4. The van der Waals surface area contributed by atoms with Crippen molar-refractivity contribution in [2.45, 2.75) is 11.8 Å². The highest BCUT2D eigenvalue weighted by molar-refractivity contribution is 9.10. The summed E-state index contributed by atoms with van der Waals surface area (Å²) >= 11 is 3.29. The van der Waals surface area contributed by atoms with Crippen LogP contribution in [0.25, 0.3) is 0 Å². The number of rotatable bonds is 4. The molecule has 0 fully saturated rings. The van der Waals surface area contributed by atoms with Crippen molar-refractivity contribution < 1.29 is 22.7 Å².